The first-order chi connectivity index (χ1) is 25.6. The van der Waals surface area contributed by atoms with Gasteiger partial charge in [0.25, 0.3) is 0 Å². The molecule has 4 aromatic carbocycles. The number of ether oxygens (including phenoxy) is 4. The van der Waals surface area contributed by atoms with Crippen LogP contribution >= 0.6 is 0 Å². The van der Waals surface area contributed by atoms with Gasteiger partial charge in [0, 0.05) is 48.4 Å². The zero-order valence-electron chi connectivity index (χ0n) is 29.3. The second-order valence-electron chi connectivity index (χ2n) is 11.4. The number of esters is 1. The molecular formula is C39H43N3O11. The number of benzene rings is 4. The molecule has 0 fully saturated rings. The van der Waals surface area contributed by atoms with Crippen molar-refractivity contribution in [2.75, 3.05) is 39.6 Å². The van der Waals surface area contributed by atoms with Crippen LogP contribution in [0.3, 0.4) is 0 Å². The van der Waals surface area contributed by atoms with E-state index >= 15 is 0 Å². The number of rotatable bonds is 23. The summed E-state index contributed by atoms with van der Waals surface area (Å²) in [6.45, 7) is 14.0. The van der Waals surface area contributed by atoms with Gasteiger partial charge < -0.3 is 44.2 Å². The molecule has 0 saturated heterocycles. The molecule has 0 bridgehead atoms. The average Bonchev–Trinajstić information content (AvgIpc) is 3.19. The lowest BCUT2D eigenvalue weighted by atomic mass is 10.1. The lowest BCUT2D eigenvalue weighted by molar-refractivity contribution is -0.998. The fraction of sp³-hybridized carbons (Fsp3) is 0.205. The molecule has 4 atom stereocenters. The molecule has 0 aliphatic rings. The topological polar surface area (TPSA) is 164 Å². The summed E-state index contributed by atoms with van der Waals surface area (Å²) in [5.74, 6) is 0.953. The van der Waals surface area contributed by atoms with Gasteiger partial charge in [0.2, 0.25) is 0 Å². The average molecular weight is 730 g/mol. The molecule has 0 radical (unpaired) electrons. The Morgan fingerprint density at radius 2 is 1.09 bits per heavy atom. The van der Waals surface area contributed by atoms with Crippen molar-refractivity contribution in [2.24, 2.45) is 5.92 Å². The van der Waals surface area contributed by atoms with Crippen molar-refractivity contribution in [3.05, 3.63) is 150 Å². The lowest BCUT2D eigenvalue weighted by Gasteiger charge is -2.22. The van der Waals surface area contributed by atoms with Crippen molar-refractivity contribution in [1.29, 1.82) is 0 Å². The van der Waals surface area contributed by atoms with E-state index in [9.17, 15) is 20.4 Å². The molecule has 0 heterocycles. The second-order valence-corrected chi connectivity index (χ2v) is 11.4. The van der Waals surface area contributed by atoms with Crippen LogP contribution in [0, 0.1) is 21.5 Å². The summed E-state index contributed by atoms with van der Waals surface area (Å²) in [6, 6.07) is 26.3. The minimum absolute atomic E-state index is 0.0969. The zero-order valence-corrected chi connectivity index (χ0v) is 29.3. The first kappa shape index (κ1) is 40.2. The third kappa shape index (κ3) is 13.5. The van der Waals surface area contributed by atoms with Crippen LogP contribution < -0.4 is 30.1 Å². The van der Waals surface area contributed by atoms with Gasteiger partial charge in [-0.15, -0.1) is 10.5 Å². The summed E-state index contributed by atoms with van der Waals surface area (Å²) in [6.07, 6.45) is 2.60. The highest BCUT2D eigenvalue weighted by Gasteiger charge is 2.13. The van der Waals surface area contributed by atoms with E-state index in [-0.39, 0.29) is 30.6 Å². The van der Waals surface area contributed by atoms with Crippen molar-refractivity contribution in [3.8, 4) is 28.4 Å². The molecule has 4 rings (SSSR count). The van der Waals surface area contributed by atoms with Crippen LogP contribution in [0.2, 0.25) is 0 Å². The quantitative estimate of drug-likeness (QED) is 0.0254. The van der Waals surface area contributed by atoms with Gasteiger partial charge in [-0.05, 0) is 65.7 Å². The Kier molecular flexibility index (Phi) is 16.0. The van der Waals surface area contributed by atoms with Crippen LogP contribution in [0.1, 0.15) is 6.92 Å². The maximum absolute atomic E-state index is 12.8. The molecule has 0 amide bonds. The second kappa shape index (κ2) is 21.1. The highest BCUT2D eigenvalue weighted by Crippen LogP contribution is 2.23. The third-order valence-electron chi connectivity index (χ3n) is 7.32. The van der Waals surface area contributed by atoms with Crippen molar-refractivity contribution < 1.29 is 53.9 Å². The van der Waals surface area contributed by atoms with Crippen LogP contribution in [-0.2, 0) is 23.8 Å². The Hall–Kier alpha value is -5.55. The minimum atomic E-state index is -0.584. The molecule has 4 unspecified atom stereocenters. The van der Waals surface area contributed by atoms with Crippen LogP contribution in [-0.4, -0.2) is 45.6 Å². The fourth-order valence-electron chi connectivity index (χ4n) is 4.44. The Bertz CT molecular complexity index is 1730. The third-order valence-corrected chi connectivity index (χ3v) is 7.32. The number of carbonyl (C=O) groups excluding carboxylic acids is 1. The summed E-state index contributed by atoms with van der Waals surface area (Å²) < 4.78 is 21.3. The fourth-order valence-corrected chi connectivity index (χ4v) is 4.44. The van der Waals surface area contributed by atoms with Crippen molar-refractivity contribution in [1.82, 2.24) is 0 Å². The summed E-state index contributed by atoms with van der Waals surface area (Å²) in [4.78, 5) is 27.5. The standard InChI is InChI=1S/C39H43N3O11/c1-5-30(4)48-25-23-47-24-26-49-36-19-13-34(14-20-36)41(45)53-38-21-15-35(16-22-38)42(46)52-37-17-9-32(10-18-37)31-7-11-33(12-8-31)40(44)51-28-29(3)27-50-39(43)6-2/h5-22,29,40-42H,1-2,4,23-28H2,3H3. The Morgan fingerprint density at radius 3 is 1.64 bits per heavy atom. The number of allylic oxidation sites excluding steroid dienone is 1. The Morgan fingerprint density at radius 1 is 0.623 bits per heavy atom. The van der Waals surface area contributed by atoms with Crippen molar-refractivity contribution in [2.45, 2.75) is 6.92 Å². The number of quaternary nitrogens is 3. The SMILES string of the molecule is C=CC(=C)OCCOCCOc1ccc([NH+]([O-])Oc2ccc([NH+]([O-])Oc3ccc(-c4ccc([NH+]([O-])OCC(C)COC(=O)C=C)cc4)cc3)cc2)cc1. The first-order valence-corrected chi connectivity index (χ1v) is 16.6. The maximum Gasteiger partial charge on any atom is 0.330 e. The van der Waals surface area contributed by atoms with Gasteiger partial charge in [-0.2, -0.15) is 10.1 Å². The molecule has 14 nitrogen and oxygen atoms in total. The summed E-state index contributed by atoms with van der Waals surface area (Å²) in [5, 5.41) is 36.2. The summed E-state index contributed by atoms with van der Waals surface area (Å²) >= 11 is 0. The van der Waals surface area contributed by atoms with Gasteiger partial charge in [0.1, 0.15) is 31.3 Å². The number of carbonyl (C=O) groups is 1. The Balaban J connectivity index is 1.19. The summed E-state index contributed by atoms with van der Waals surface area (Å²) in [5.41, 5.74) is 2.65. The molecule has 0 aromatic heterocycles. The number of hydrogen-bond donors (Lipinski definition) is 3. The maximum atomic E-state index is 12.8. The van der Waals surface area contributed by atoms with Crippen LogP contribution in [0.15, 0.2) is 135 Å². The number of hydrogen-bond acceptors (Lipinski definition) is 11. The van der Waals surface area contributed by atoms with Gasteiger partial charge in [-0.3, -0.25) is 0 Å². The monoisotopic (exact) mass is 729 g/mol. The molecule has 280 valence electrons. The largest absolute Gasteiger partial charge is 0.595 e. The molecule has 0 spiro atoms. The van der Waals surface area contributed by atoms with Crippen LogP contribution in [0.5, 0.6) is 17.2 Å². The van der Waals surface area contributed by atoms with E-state index in [4.69, 9.17) is 33.5 Å². The first-order valence-electron chi connectivity index (χ1n) is 16.6. The van der Waals surface area contributed by atoms with Crippen molar-refractivity contribution in [3.63, 3.8) is 0 Å². The smallest absolute Gasteiger partial charge is 0.330 e. The molecule has 53 heavy (non-hydrogen) atoms. The zero-order chi connectivity index (χ0) is 38.0. The van der Waals surface area contributed by atoms with E-state index in [1.54, 1.807) is 79.7 Å². The van der Waals surface area contributed by atoms with Gasteiger partial charge >= 0.3 is 5.97 Å². The molecule has 3 N–H and O–H groups in total. The minimum Gasteiger partial charge on any atom is -0.595 e. The van der Waals surface area contributed by atoms with E-state index in [1.807, 2.05) is 0 Å². The molecule has 0 aliphatic heterocycles. The highest BCUT2D eigenvalue weighted by atomic mass is 16.9. The predicted molar refractivity (Wildman–Crippen MR) is 196 cm³/mol. The molecule has 0 saturated carbocycles. The number of nitrogens with one attached hydrogen (secondary N) is 3. The van der Waals surface area contributed by atoms with Crippen molar-refractivity contribution >= 4 is 23.0 Å². The molecule has 14 heteroatoms. The van der Waals surface area contributed by atoms with E-state index in [1.165, 1.54) is 30.3 Å². The van der Waals surface area contributed by atoms with Gasteiger partial charge in [0.15, 0.2) is 28.6 Å². The molecule has 0 aliphatic carbocycles. The highest BCUT2D eigenvalue weighted by molar-refractivity contribution is 5.81. The van der Waals surface area contributed by atoms with E-state index in [2.05, 4.69) is 19.7 Å². The molecule has 4 aromatic rings. The predicted octanol–water partition coefficient (Wildman–Crippen LogP) is 3.79. The normalized spacial score (nSPS) is 13.1. The van der Waals surface area contributed by atoms with Gasteiger partial charge in [-0.1, -0.05) is 38.8 Å². The summed E-state index contributed by atoms with van der Waals surface area (Å²) in [7, 11) is 0. The van der Waals surface area contributed by atoms with E-state index < -0.39 is 21.6 Å². The van der Waals surface area contributed by atoms with Gasteiger partial charge in [-0.25, -0.2) is 4.79 Å². The van der Waals surface area contributed by atoms with Crippen LogP contribution in [0.25, 0.3) is 11.1 Å². The molecular weight excluding hydrogens is 686 g/mol. The lowest BCUT2D eigenvalue weighted by Crippen LogP contribution is -3.04. The Labute approximate surface area is 307 Å². The van der Waals surface area contributed by atoms with E-state index in [0.29, 0.717) is 55.1 Å². The van der Waals surface area contributed by atoms with Gasteiger partial charge in [0.05, 0.1) is 19.8 Å². The van der Waals surface area contributed by atoms with E-state index in [0.717, 1.165) is 17.2 Å². The van der Waals surface area contributed by atoms with Crippen LogP contribution in [0.4, 0.5) is 17.1 Å².